The van der Waals surface area contributed by atoms with Gasteiger partial charge in [-0.15, -0.1) is 6.58 Å². The van der Waals surface area contributed by atoms with E-state index in [1.807, 2.05) is 40.7 Å². The zero-order valence-corrected chi connectivity index (χ0v) is 28.9. The summed E-state index contributed by atoms with van der Waals surface area (Å²) in [6, 6.07) is 17.0. The van der Waals surface area contributed by atoms with Crippen molar-refractivity contribution in [1.82, 2.24) is 0 Å². The van der Waals surface area contributed by atoms with Crippen molar-refractivity contribution in [3.8, 4) is 0 Å². The van der Waals surface area contributed by atoms with Crippen molar-refractivity contribution in [1.29, 1.82) is 0 Å². The van der Waals surface area contributed by atoms with E-state index >= 15 is 0 Å². The minimum atomic E-state index is 0.350. The third kappa shape index (κ3) is 24.7. The smallest absolute Gasteiger partial charge is 0.0381 e. The standard InChI is InChI=1S/C14H21N.C10H12.C8H16.C6H10.C2H6/c1-11(2)15-13-8-6-12(7-9-13)10-14(3,4)5;1-8(2)10-6-4-9(3)5-7-10;1-7-3-5-8(2)6-4-7;1-4-5-6(2)3;1-2/h6-9,15H,1,10H2,2-5H3;4-7H,1H2,2-3H3;7-8H,3-6H2,1-2H3;4H,1-2,5H2,3H3;1-2H3. The minimum Gasteiger partial charge on any atom is -0.360 e. The van der Waals surface area contributed by atoms with Gasteiger partial charge >= 0.3 is 0 Å². The second-order valence-corrected chi connectivity index (χ2v) is 12.8. The molecule has 3 rings (SSSR count). The van der Waals surface area contributed by atoms with Gasteiger partial charge in [0.25, 0.3) is 0 Å². The molecule has 1 aliphatic carbocycles. The molecule has 1 N–H and O–H groups in total. The first kappa shape index (κ1) is 40.3. The van der Waals surface area contributed by atoms with Crippen LogP contribution in [0.4, 0.5) is 5.69 Å². The number of rotatable bonds is 6. The van der Waals surface area contributed by atoms with Crippen LogP contribution >= 0.6 is 0 Å². The van der Waals surface area contributed by atoms with Gasteiger partial charge < -0.3 is 5.32 Å². The lowest BCUT2D eigenvalue weighted by atomic mass is 9.84. The molecule has 0 aliphatic heterocycles. The molecule has 2 aromatic carbocycles. The molecule has 0 amide bonds. The number of hydrogen-bond acceptors (Lipinski definition) is 1. The van der Waals surface area contributed by atoms with Crippen molar-refractivity contribution in [3.63, 3.8) is 0 Å². The number of hydrogen-bond donors (Lipinski definition) is 1. The second-order valence-electron chi connectivity index (χ2n) is 12.8. The Balaban J connectivity index is 0. The molecule has 1 aliphatic rings. The molecule has 0 bridgehead atoms. The summed E-state index contributed by atoms with van der Waals surface area (Å²) in [5, 5.41) is 3.20. The van der Waals surface area contributed by atoms with Crippen LogP contribution < -0.4 is 5.32 Å². The zero-order valence-electron chi connectivity index (χ0n) is 28.9. The fourth-order valence-electron chi connectivity index (χ4n) is 4.08. The number of anilines is 1. The first-order chi connectivity index (χ1) is 19.1. The summed E-state index contributed by atoms with van der Waals surface area (Å²) in [4.78, 5) is 0. The SMILES string of the molecule is C=C(C)Nc1ccc(CC(C)(C)C)cc1.C=C(C)c1ccc(C)cc1.C=CCC(=C)C.CC.CC1CCC(C)CC1. The van der Waals surface area contributed by atoms with Gasteiger partial charge in [-0.05, 0) is 81.0 Å². The summed E-state index contributed by atoms with van der Waals surface area (Å²) in [6.45, 7) is 38.4. The minimum absolute atomic E-state index is 0.350. The lowest BCUT2D eigenvalue weighted by molar-refractivity contribution is 0.308. The van der Waals surface area contributed by atoms with E-state index in [1.165, 1.54) is 47.9 Å². The van der Waals surface area contributed by atoms with E-state index in [2.05, 4.69) is 122 Å². The first-order valence-corrected chi connectivity index (χ1v) is 15.6. The average molecular weight is 560 g/mol. The highest BCUT2D eigenvalue weighted by Gasteiger charge is 2.13. The molecule has 0 radical (unpaired) electrons. The molecule has 0 atom stereocenters. The summed E-state index contributed by atoms with van der Waals surface area (Å²) in [5.41, 5.74) is 8.64. The van der Waals surface area contributed by atoms with Gasteiger partial charge in [-0.1, -0.05) is 153 Å². The van der Waals surface area contributed by atoms with E-state index in [0.717, 1.165) is 41.6 Å². The van der Waals surface area contributed by atoms with Gasteiger partial charge in [0.2, 0.25) is 0 Å². The third-order valence-corrected chi connectivity index (χ3v) is 6.39. The van der Waals surface area contributed by atoms with Crippen molar-refractivity contribution < 1.29 is 0 Å². The van der Waals surface area contributed by atoms with E-state index in [1.54, 1.807) is 0 Å². The summed E-state index contributed by atoms with van der Waals surface area (Å²) in [7, 11) is 0. The summed E-state index contributed by atoms with van der Waals surface area (Å²) in [5.74, 6) is 2.04. The molecule has 1 nitrogen and oxygen atoms in total. The lowest BCUT2D eigenvalue weighted by Crippen LogP contribution is -2.08. The summed E-state index contributed by atoms with van der Waals surface area (Å²) < 4.78 is 0. The number of nitrogens with one attached hydrogen (secondary N) is 1. The number of aryl methyl sites for hydroxylation is 1. The van der Waals surface area contributed by atoms with Crippen LogP contribution in [0.15, 0.2) is 92.2 Å². The van der Waals surface area contributed by atoms with E-state index in [4.69, 9.17) is 0 Å². The zero-order chi connectivity index (χ0) is 32.0. The Kier molecular flexibility index (Phi) is 22.5. The monoisotopic (exact) mass is 560 g/mol. The average Bonchev–Trinajstić information content (AvgIpc) is 2.88. The highest BCUT2D eigenvalue weighted by atomic mass is 14.9. The highest BCUT2D eigenvalue weighted by Crippen LogP contribution is 2.27. The Morgan fingerprint density at radius 1 is 0.805 bits per heavy atom. The quantitative estimate of drug-likeness (QED) is 0.347. The van der Waals surface area contributed by atoms with E-state index in [-0.39, 0.29) is 0 Å². The van der Waals surface area contributed by atoms with Gasteiger partial charge in [0.1, 0.15) is 0 Å². The van der Waals surface area contributed by atoms with Gasteiger partial charge in [-0.25, -0.2) is 0 Å². The Morgan fingerprint density at radius 3 is 1.54 bits per heavy atom. The van der Waals surface area contributed by atoms with Gasteiger partial charge in [-0.2, -0.15) is 0 Å². The van der Waals surface area contributed by atoms with Crippen molar-refractivity contribution in [2.75, 3.05) is 5.32 Å². The van der Waals surface area contributed by atoms with Crippen LogP contribution in [0.1, 0.15) is 118 Å². The van der Waals surface area contributed by atoms with Gasteiger partial charge in [-0.3, -0.25) is 0 Å². The normalized spacial score (nSPS) is 15.4. The van der Waals surface area contributed by atoms with E-state index in [0.29, 0.717) is 5.41 Å². The predicted molar refractivity (Wildman–Crippen MR) is 192 cm³/mol. The molecule has 0 unspecified atom stereocenters. The molecule has 1 heteroatoms. The molecule has 1 saturated carbocycles. The van der Waals surface area contributed by atoms with E-state index < -0.39 is 0 Å². The van der Waals surface area contributed by atoms with Crippen LogP contribution in [-0.2, 0) is 6.42 Å². The van der Waals surface area contributed by atoms with Crippen LogP contribution in [0.25, 0.3) is 5.57 Å². The largest absolute Gasteiger partial charge is 0.360 e. The van der Waals surface area contributed by atoms with Crippen molar-refractivity contribution >= 4 is 11.3 Å². The van der Waals surface area contributed by atoms with Crippen molar-refractivity contribution in [2.24, 2.45) is 17.3 Å². The highest BCUT2D eigenvalue weighted by molar-refractivity contribution is 5.61. The van der Waals surface area contributed by atoms with Crippen LogP contribution in [0.2, 0.25) is 0 Å². The Morgan fingerprint density at radius 2 is 1.24 bits per heavy atom. The Labute approximate surface area is 257 Å². The van der Waals surface area contributed by atoms with Gasteiger partial charge in [0.15, 0.2) is 0 Å². The van der Waals surface area contributed by atoms with Crippen molar-refractivity contribution in [3.05, 3.63) is 109 Å². The fourth-order valence-corrected chi connectivity index (χ4v) is 4.08. The molecular weight excluding hydrogens is 494 g/mol. The van der Waals surface area contributed by atoms with E-state index in [9.17, 15) is 0 Å². The Bertz CT molecular complexity index is 965. The molecule has 0 spiro atoms. The first-order valence-electron chi connectivity index (χ1n) is 15.6. The molecule has 230 valence electrons. The van der Waals surface area contributed by atoms with Crippen LogP contribution in [0, 0.1) is 24.2 Å². The molecule has 0 aromatic heterocycles. The third-order valence-electron chi connectivity index (χ3n) is 6.39. The maximum Gasteiger partial charge on any atom is 0.0381 e. The number of benzene rings is 2. The molecule has 2 aromatic rings. The summed E-state index contributed by atoms with van der Waals surface area (Å²) in [6.07, 6.45) is 9.80. The molecular formula is C40H65N. The summed E-state index contributed by atoms with van der Waals surface area (Å²) >= 11 is 0. The second kappa shape index (κ2) is 22.8. The Hall–Kier alpha value is -2.80. The molecule has 0 heterocycles. The maximum absolute atomic E-state index is 3.86. The molecule has 0 saturated heterocycles. The molecule has 1 fully saturated rings. The topological polar surface area (TPSA) is 12.0 Å². The lowest BCUT2D eigenvalue weighted by Gasteiger charge is -2.22. The predicted octanol–water partition coefficient (Wildman–Crippen LogP) is 13.2. The van der Waals surface area contributed by atoms with Crippen LogP contribution in [-0.4, -0.2) is 0 Å². The van der Waals surface area contributed by atoms with Crippen LogP contribution in [0.5, 0.6) is 0 Å². The molecule has 41 heavy (non-hydrogen) atoms. The van der Waals surface area contributed by atoms with Gasteiger partial charge in [0, 0.05) is 11.4 Å². The fraction of sp³-hybridized carbons (Fsp3) is 0.500. The number of allylic oxidation sites excluding steroid dienone is 4. The maximum atomic E-state index is 3.86. The van der Waals surface area contributed by atoms with Crippen LogP contribution in [0.3, 0.4) is 0 Å². The van der Waals surface area contributed by atoms with Crippen molar-refractivity contribution in [2.45, 2.75) is 115 Å². The van der Waals surface area contributed by atoms with Gasteiger partial charge in [0.05, 0.1) is 0 Å².